The number of nitrogens with zero attached hydrogens (tertiary/aromatic N) is 1. The summed E-state index contributed by atoms with van der Waals surface area (Å²) in [6.45, 7) is 2.52. The quantitative estimate of drug-likeness (QED) is 0.869. The normalized spacial score (nSPS) is 21.2. The first-order chi connectivity index (χ1) is 9.81. The van der Waals surface area contributed by atoms with Crippen molar-refractivity contribution in [2.24, 2.45) is 0 Å². The van der Waals surface area contributed by atoms with Crippen molar-refractivity contribution in [3.05, 3.63) is 21.9 Å². The SMILES string of the molecule is O=C(CN1CCc2sccc2C1)NC1CCCCCC1. The van der Waals surface area contributed by atoms with E-state index in [0.717, 1.165) is 19.5 Å². The van der Waals surface area contributed by atoms with Gasteiger partial charge in [0.25, 0.3) is 0 Å². The zero-order chi connectivity index (χ0) is 13.8. The van der Waals surface area contributed by atoms with Gasteiger partial charge in [0.2, 0.25) is 5.91 Å². The van der Waals surface area contributed by atoms with Crippen molar-refractivity contribution in [2.75, 3.05) is 13.1 Å². The summed E-state index contributed by atoms with van der Waals surface area (Å²) in [4.78, 5) is 16.0. The monoisotopic (exact) mass is 292 g/mol. The Morgan fingerprint density at radius 3 is 2.90 bits per heavy atom. The molecule has 1 saturated carbocycles. The minimum absolute atomic E-state index is 0.218. The minimum Gasteiger partial charge on any atom is -0.352 e. The van der Waals surface area contributed by atoms with Crippen molar-refractivity contribution in [3.8, 4) is 0 Å². The second-order valence-corrected chi connectivity index (χ2v) is 7.09. The Hall–Kier alpha value is -0.870. The molecule has 2 heterocycles. The first-order valence-corrected chi connectivity index (χ1v) is 8.76. The molecule has 1 fully saturated rings. The second kappa shape index (κ2) is 6.72. The van der Waals surface area contributed by atoms with Crippen molar-refractivity contribution >= 4 is 17.2 Å². The summed E-state index contributed by atoms with van der Waals surface area (Å²) in [6, 6.07) is 2.63. The smallest absolute Gasteiger partial charge is 0.234 e. The van der Waals surface area contributed by atoms with Crippen LogP contribution in [0.15, 0.2) is 11.4 Å². The number of carbonyl (C=O) groups excluding carboxylic acids is 1. The molecule has 0 saturated heterocycles. The Bertz CT molecular complexity index is 449. The molecule has 4 heteroatoms. The number of rotatable bonds is 3. The van der Waals surface area contributed by atoms with Gasteiger partial charge < -0.3 is 5.32 Å². The van der Waals surface area contributed by atoms with Crippen LogP contribution < -0.4 is 5.32 Å². The van der Waals surface area contributed by atoms with Crippen LogP contribution in [0.4, 0.5) is 0 Å². The molecular weight excluding hydrogens is 268 g/mol. The third-order valence-corrected chi connectivity index (χ3v) is 5.50. The number of hydrogen-bond acceptors (Lipinski definition) is 3. The Balaban J connectivity index is 1.47. The van der Waals surface area contributed by atoms with Gasteiger partial charge in [-0.25, -0.2) is 0 Å². The largest absolute Gasteiger partial charge is 0.352 e. The van der Waals surface area contributed by atoms with E-state index in [-0.39, 0.29) is 5.91 Å². The average Bonchev–Trinajstić information content (AvgIpc) is 2.75. The molecular formula is C16H24N2OS. The molecule has 2 aliphatic rings. The molecule has 1 aromatic heterocycles. The highest BCUT2D eigenvalue weighted by molar-refractivity contribution is 7.10. The fourth-order valence-electron chi connectivity index (χ4n) is 3.34. The van der Waals surface area contributed by atoms with Gasteiger partial charge in [-0.1, -0.05) is 25.7 Å². The Kier molecular flexibility index (Phi) is 4.73. The van der Waals surface area contributed by atoms with Crippen molar-refractivity contribution in [1.82, 2.24) is 10.2 Å². The zero-order valence-corrected chi connectivity index (χ0v) is 12.9. The molecule has 0 bridgehead atoms. The van der Waals surface area contributed by atoms with Crippen LogP contribution in [0.1, 0.15) is 49.0 Å². The highest BCUT2D eigenvalue weighted by Gasteiger charge is 2.21. The third kappa shape index (κ3) is 3.61. The number of hydrogen-bond donors (Lipinski definition) is 1. The van der Waals surface area contributed by atoms with Crippen molar-refractivity contribution in [3.63, 3.8) is 0 Å². The highest BCUT2D eigenvalue weighted by atomic mass is 32.1. The molecule has 0 unspecified atom stereocenters. The zero-order valence-electron chi connectivity index (χ0n) is 12.1. The highest BCUT2D eigenvalue weighted by Crippen LogP contribution is 2.23. The van der Waals surface area contributed by atoms with Gasteiger partial charge in [-0.15, -0.1) is 11.3 Å². The molecule has 0 radical (unpaired) electrons. The van der Waals surface area contributed by atoms with E-state index in [4.69, 9.17) is 0 Å². The van der Waals surface area contributed by atoms with Crippen LogP contribution in [0.25, 0.3) is 0 Å². The Morgan fingerprint density at radius 1 is 1.30 bits per heavy atom. The summed E-state index contributed by atoms with van der Waals surface area (Å²) >= 11 is 1.85. The topological polar surface area (TPSA) is 32.3 Å². The van der Waals surface area contributed by atoms with Crippen LogP contribution in [0, 0.1) is 0 Å². The predicted octanol–water partition coefficient (Wildman–Crippen LogP) is 2.95. The maximum absolute atomic E-state index is 12.2. The van der Waals surface area contributed by atoms with Gasteiger partial charge in [0.1, 0.15) is 0 Å². The maximum atomic E-state index is 12.2. The molecule has 1 amide bonds. The summed E-state index contributed by atoms with van der Waals surface area (Å²) < 4.78 is 0. The summed E-state index contributed by atoms with van der Waals surface area (Å²) in [5.41, 5.74) is 1.42. The van der Waals surface area contributed by atoms with Crippen LogP contribution in [0.2, 0.25) is 0 Å². The standard InChI is InChI=1S/C16H24N2OS/c19-16(17-14-5-3-1-2-4-6-14)12-18-9-7-15-13(11-18)8-10-20-15/h8,10,14H,1-7,9,11-12H2,(H,17,19). The minimum atomic E-state index is 0.218. The van der Waals surface area contributed by atoms with E-state index >= 15 is 0 Å². The van der Waals surface area contributed by atoms with Gasteiger partial charge in [0, 0.05) is 24.0 Å². The van der Waals surface area contributed by atoms with E-state index in [0.29, 0.717) is 12.6 Å². The molecule has 1 aliphatic heterocycles. The van der Waals surface area contributed by atoms with E-state index in [9.17, 15) is 4.79 Å². The van der Waals surface area contributed by atoms with Crippen LogP contribution in [0.3, 0.4) is 0 Å². The van der Waals surface area contributed by atoms with Gasteiger partial charge in [0.15, 0.2) is 0 Å². The predicted molar refractivity (Wildman–Crippen MR) is 82.9 cm³/mol. The van der Waals surface area contributed by atoms with E-state index in [1.54, 1.807) is 0 Å². The van der Waals surface area contributed by atoms with E-state index in [1.165, 1.54) is 49.0 Å². The lowest BCUT2D eigenvalue weighted by atomic mass is 10.1. The van der Waals surface area contributed by atoms with Crippen LogP contribution in [-0.2, 0) is 17.8 Å². The fraction of sp³-hybridized carbons (Fsp3) is 0.688. The lowest BCUT2D eigenvalue weighted by Crippen LogP contribution is -2.43. The van der Waals surface area contributed by atoms with Gasteiger partial charge in [-0.05, 0) is 36.3 Å². The average molecular weight is 292 g/mol. The van der Waals surface area contributed by atoms with E-state index < -0.39 is 0 Å². The molecule has 0 atom stereocenters. The lowest BCUT2D eigenvalue weighted by Gasteiger charge is -2.27. The van der Waals surface area contributed by atoms with Crippen LogP contribution in [-0.4, -0.2) is 29.9 Å². The summed E-state index contributed by atoms with van der Waals surface area (Å²) in [6.07, 6.45) is 8.64. The van der Waals surface area contributed by atoms with Gasteiger partial charge in [0.05, 0.1) is 6.54 Å². The molecule has 1 aliphatic carbocycles. The van der Waals surface area contributed by atoms with Gasteiger partial charge >= 0.3 is 0 Å². The summed E-state index contributed by atoms with van der Waals surface area (Å²) in [5, 5.41) is 5.41. The van der Waals surface area contributed by atoms with Crippen LogP contribution >= 0.6 is 11.3 Å². The number of carbonyl (C=O) groups is 1. The first-order valence-electron chi connectivity index (χ1n) is 7.88. The number of amides is 1. The van der Waals surface area contributed by atoms with E-state index in [1.807, 2.05) is 11.3 Å². The maximum Gasteiger partial charge on any atom is 0.234 e. The van der Waals surface area contributed by atoms with Gasteiger partial charge in [-0.3, -0.25) is 9.69 Å². The molecule has 1 aromatic rings. The van der Waals surface area contributed by atoms with Crippen molar-refractivity contribution in [1.29, 1.82) is 0 Å². The van der Waals surface area contributed by atoms with Gasteiger partial charge in [-0.2, -0.15) is 0 Å². The van der Waals surface area contributed by atoms with E-state index in [2.05, 4.69) is 21.7 Å². The molecule has 110 valence electrons. The number of fused-ring (bicyclic) bond motifs is 1. The molecule has 3 rings (SSSR count). The van der Waals surface area contributed by atoms with Crippen molar-refractivity contribution < 1.29 is 4.79 Å². The third-order valence-electron chi connectivity index (χ3n) is 4.47. The Morgan fingerprint density at radius 2 is 2.10 bits per heavy atom. The molecule has 20 heavy (non-hydrogen) atoms. The van der Waals surface area contributed by atoms with Crippen molar-refractivity contribution in [2.45, 2.75) is 57.5 Å². The number of thiophene rings is 1. The molecule has 1 N–H and O–H groups in total. The first kappa shape index (κ1) is 14.1. The molecule has 0 spiro atoms. The summed E-state index contributed by atoms with van der Waals surface area (Å²) in [7, 11) is 0. The number of nitrogens with one attached hydrogen (secondary N) is 1. The molecule has 0 aromatic carbocycles. The lowest BCUT2D eigenvalue weighted by molar-refractivity contribution is -0.123. The van der Waals surface area contributed by atoms with Crippen LogP contribution in [0.5, 0.6) is 0 Å². The Labute approximate surface area is 125 Å². The summed E-state index contributed by atoms with van der Waals surface area (Å²) in [5.74, 6) is 0.218. The second-order valence-electron chi connectivity index (χ2n) is 6.09. The molecule has 3 nitrogen and oxygen atoms in total. The fourth-order valence-corrected chi connectivity index (χ4v) is 4.23.